The number of ether oxygens (including phenoxy) is 1. The third-order valence-corrected chi connectivity index (χ3v) is 5.22. The summed E-state index contributed by atoms with van der Waals surface area (Å²) in [6.07, 6.45) is 4.92. The van der Waals surface area contributed by atoms with E-state index in [-0.39, 0.29) is 12.4 Å². The number of thiophene rings is 1. The van der Waals surface area contributed by atoms with Crippen molar-refractivity contribution in [3.8, 4) is 11.3 Å². The smallest absolute Gasteiger partial charge is 0.411 e. The molecule has 30 heavy (non-hydrogen) atoms. The van der Waals surface area contributed by atoms with Crippen molar-refractivity contribution < 1.29 is 14.3 Å². The summed E-state index contributed by atoms with van der Waals surface area (Å²) in [6.45, 7) is 3.87. The van der Waals surface area contributed by atoms with Crippen molar-refractivity contribution in [2.75, 3.05) is 11.9 Å². The maximum absolute atomic E-state index is 12.8. The van der Waals surface area contributed by atoms with Crippen LogP contribution in [0.25, 0.3) is 16.9 Å². The molecule has 3 aromatic heterocycles. The van der Waals surface area contributed by atoms with Crippen LogP contribution in [0.5, 0.6) is 0 Å². The molecule has 4 aromatic rings. The van der Waals surface area contributed by atoms with Crippen LogP contribution in [0.1, 0.15) is 21.7 Å². The quantitative estimate of drug-likeness (QED) is 0.264. The molecule has 0 aliphatic heterocycles. The Kier molecular flexibility index (Phi) is 5.67. The molecule has 8 heteroatoms. The number of aromatic nitrogens is 3. The van der Waals surface area contributed by atoms with Gasteiger partial charge >= 0.3 is 6.09 Å². The van der Waals surface area contributed by atoms with E-state index in [1.165, 1.54) is 17.5 Å². The number of amides is 1. The van der Waals surface area contributed by atoms with E-state index in [9.17, 15) is 9.59 Å². The zero-order valence-corrected chi connectivity index (χ0v) is 16.8. The Labute approximate surface area is 176 Å². The Morgan fingerprint density at radius 2 is 2.13 bits per heavy atom. The van der Waals surface area contributed by atoms with Gasteiger partial charge in [0.05, 0.1) is 28.9 Å². The fraction of sp³-hybridized carbons (Fsp3) is 0.0909. The number of anilines is 1. The Balaban J connectivity index is 1.63. The first-order valence-corrected chi connectivity index (χ1v) is 10.1. The van der Waals surface area contributed by atoms with Crippen LogP contribution in [0.15, 0.2) is 72.9 Å². The Bertz CT molecular complexity index is 1210. The fourth-order valence-electron chi connectivity index (χ4n) is 2.96. The van der Waals surface area contributed by atoms with E-state index in [0.29, 0.717) is 28.2 Å². The monoisotopic (exact) mass is 418 g/mol. The summed E-state index contributed by atoms with van der Waals surface area (Å²) in [5.41, 5.74) is 3.06. The molecule has 0 saturated heterocycles. The molecular formula is C22H18N4O3S. The molecule has 0 radical (unpaired) electrons. The van der Waals surface area contributed by atoms with Crippen molar-refractivity contribution in [3.63, 3.8) is 0 Å². The molecule has 1 aromatic carbocycles. The molecular weight excluding hydrogens is 400 g/mol. The number of fused-ring (bicyclic) bond motifs is 1. The maximum Gasteiger partial charge on any atom is 0.411 e. The second kappa shape index (κ2) is 8.71. The van der Waals surface area contributed by atoms with E-state index in [1.807, 2.05) is 29.6 Å². The van der Waals surface area contributed by atoms with Crippen LogP contribution >= 0.6 is 11.3 Å². The van der Waals surface area contributed by atoms with Gasteiger partial charge in [-0.2, -0.15) is 5.10 Å². The Morgan fingerprint density at radius 1 is 1.23 bits per heavy atom. The number of nitrogens with zero attached hydrogens (tertiary/aromatic N) is 3. The summed E-state index contributed by atoms with van der Waals surface area (Å²) in [4.78, 5) is 29.7. The van der Waals surface area contributed by atoms with Gasteiger partial charge in [0, 0.05) is 17.4 Å². The molecule has 0 aliphatic carbocycles. The fourth-order valence-corrected chi connectivity index (χ4v) is 3.63. The van der Waals surface area contributed by atoms with Gasteiger partial charge in [-0.05, 0) is 36.1 Å². The Morgan fingerprint density at radius 3 is 2.93 bits per heavy atom. The largest absolute Gasteiger partial charge is 0.449 e. The van der Waals surface area contributed by atoms with Gasteiger partial charge in [0.15, 0.2) is 5.65 Å². The summed E-state index contributed by atoms with van der Waals surface area (Å²) in [5.74, 6) is -0.109. The minimum Gasteiger partial charge on any atom is -0.449 e. The van der Waals surface area contributed by atoms with E-state index < -0.39 is 6.09 Å². The van der Waals surface area contributed by atoms with Gasteiger partial charge in [0.1, 0.15) is 0 Å². The summed E-state index contributed by atoms with van der Waals surface area (Å²) in [7, 11) is 0. The lowest BCUT2D eigenvalue weighted by molar-refractivity contribution is 0.104. The minimum atomic E-state index is -0.531. The topological polar surface area (TPSA) is 85.6 Å². The molecule has 0 aliphatic rings. The number of benzene rings is 1. The number of carbonyl (C=O) groups excluding carboxylic acids is 2. The minimum absolute atomic E-state index is 0.109. The first kappa shape index (κ1) is 19.5. The lowest BCUT2D eigenvalue weighted by Gasteiger charge is -2.09. The summed E-state index contributed by atoms with van der Waals surface area (Å²) < 4.78 is 6.71. The Hall–Kier alpha value is -3.78. The molecule has 4 rings (SSSR count). The lowest BCUT2D eigenvalue weighted by atomic mass is 10.1. The average molecular weight is 418 g/mol. The van der Waals surface area contributed by atoms with Crippen molar-refractivity contribution in [2.45, 2.75) is 6.42 Å². The molecule has 1 N–H and O–H groups in total. The highest BCUT2D eigenvalue weighted by Crippen LogP contribution is 2.25. The molecule has 0 saturated carbocycles. The van der Waals surface area contributed by atoms with E-state index >= 15 is 0 Å². The van der Waals surface area contributed by atoms with Crippen molar-refractivity contribution in [2.24, 2.45) is 0 Å². The second-order valence-corrected chi connectivity index (χ2v) is 7.30. The molecule has 0 spiro atoms. The highest BCUT2D eigenvalue weighted by Gasteiger charge is 2.18. The standard InChI is InChI=1S/C22H18N4O3S/c1-2-3-11-29-22(28)25-16-7-4-6-15(13-16)18-9-10-23-21-17(14-24-26(18)21)20(27)19-8-5-12-30-19/h2,4-10,12-14H,1,3,11H2,(H,25,28). The van der Waals surface area contributed by atoms with Gasteiger partial charge in [0.25, 0.3) is 0 Å². The highest BCUT2D eigenvalue weighted by molar-refractivity contribution is 7.12. The van der Waals surface area contributed by atoms with Crippen molar-refractivity contribution >= 4 is 34.5 Å². The van der Waals surface area contributed by atoms with Gasteiger partial charge in [-0.1, -0.05) is 24.3 Å². The molecule has 150 valence electrons. The zero-order chi connectivity index (χ0) is 20.9. The zero-order valence-electron chi connectivity index (χ0n) is 15.9. The molecule has 0 unspecified atom stereocenters. The maximum atomic E-state index is 12.8. The SMILES string of the molecule is C=CCCOC(=O)Nc1cccc(-c2ccnc3c(C(=O)c4cccs4)cnn23)c1. The highest BCUT2D eigenvalue weighted by atomic mass is 32.1. The van der Waals surface area contributed by atoms with Crippen LogP contribution in [0, 0.1) is 0 Å². The normalized spacial score (nSPS) is 10.7. The summed E-state index contributed by atoms with van der Waals surface area (Å²) >= 11 is 1.38. The number of nitrogens with one attached hydrogen (secondary N) is 1. The molecule has 3 heterocycles. The van der Waals surface area contributed by atoms with Gasteiger partial charge in [-0.3, -0.25) is 10.1 Å². The van der Waals surface area contributed by atoms with Gasteiger partial charge in [0.2, 0.25) is 5.78 Å². The predicted octanol–water partition coefficient (Wildman–Crippen LogP) is 4.81. The van der Waals surface area contributed by atoms with Crippen molar-refractivity contribution in [3.05, 3.63) is 83.3 Å². The number of ketones is 1. The average Bonchev–Trinajstić information content (AvgIpc) is 3.44. The molecule has 0 fully saturated rings. The van der Waals surface area contributed by atoms with Crippen molar-refractivity contribution in [1.82, 2.24) is 14.6 Å². The van der Waals surface area contributed by atoms with Crippen molar-refractivity contribution in [1.29, 1.82) is 0 Å². The second-order valence-electron chi connectivity index (χ2n) is 6.35. The van der Waals surface area contributed by atoms with Gasteiger partial charge in [-0.25, -0.2) is 14.3 Å². The first-order valence-electron chi connectivity index (χ1n) is 9.23. The van der Waals surface area contributed by atoms with Crippen LogP contribution in [-0.2, 0) is 4.74 Å². The lowest BCUT2D eigenvalue weighted by Crippen LogP contribution is -2.14. The molecule has 1 amide bonds. The number of rotatable bonds is 7. The van der Waals surface area contributed by atoms with Crippen LogP contribution in [0.4, 0.5) is 10.5 Å². The molecule has 7 nitrogen and oxygen atoms in total. The van der Waals surface area contributed by atoms with Crippen LogP contribution in [0.2, 0.25) is 0 Å². The van der Waals surface area contributed by atoms with Crippen LogP contribution in [0.3, 0.4) is 0 Å². The van der Waals surface area contributed by atoms with E-state index in [2.05, 4.69) is 22.0 Å². The number of carbonyl (C=O) groups is 2. The van der Waals surface area contributed by atoms with E-state index in [4.69, 9.17) is 4.74 Å². The third kappa shape index (κ3) is 3.99. The molecule has 0 bridgehead atoms. The number of hydrogen-bond acceptors (Lipinski definition) is 6. The predicted molar refractivity (Wildman–Crippen MR) is 116 cm³/mol. The van der Waals surface area contributed by atoms with E-state index in [1.54, 1.807) is 35.0 Å². The van der Waals surface area contributed by atoms with Crippen LogP contribution < -0.4 is 5.32 Å². The third-order valence-electron chi connectivity index (χ3n) is 4.35. The first-order chi connectivity index (χ1) is 14.7. The van der Waals surface area contributed by atoms with Gasteiger partial charge < -0.3 is 4.74 Å². The van der Waals surface area contributed by atoms with Crippen LogP contribution in [-0.4, -0.2) is 33.1 Å². The molecule has 0 atom stereocenters. The van der Waals surface area contributed by atoms with E-state index in [0.717, 1.165) is 11.3 Å². The number of hydrogen-bond donors (Lipinski definition) is 1. The van der Waals surface area contributed by atoms with Gasteiger partial charge in [-0.15, -0.1) is 17.9 Å². The summed E-state index contributed by atoms with van der Waals surface area (Å²) in [6, 6.07) is 12.7. The summed E-state index contributed by atoms with van der Waals surface area (Å²) in [5, 5.41) is 8.95.